The summed E-state index contributed by atoms with van der Waals surface area (Å²) in [5.41, 5.74) is 0.878. The van der Waals surface area contributed by atoms with Crippen molar-refractivity contribution in [3.8, 4) is 0 Å². The van der Waals surface area contributed by atoms with E-state index in [-0.39, 0.29) is 17.8 Å². The standard InChI is InChI=1S/C16H20FN3OS/c1-11(2)20-9-8-18-16(20)22-10-15(21)19-12(3)13-4-6-14(17)7-5-13/h4-9,11-12H,10H2,1-3H3,(H,19,21). The monoisotopic (exact) mass is 321 g/mol. The van der Waals surface area contributed by atoms with Crippen molar-refractivity contribution in [1.29, 1.82) is 0 Å². The molecule has 1 atom stereocenters. The minimum Gasteiger partial charge on any atom is -0.349 e. The normalized spacial score (nSPS) is 12.4. The maximum Gasteiger partial charge on any atom is 0.230 e. The largest absolute Gasteiger partial charge is 0.349 e. The Morgan fingerprint density at radius 2 is 2.00 bits per heavy atom. The molecule has 0 aliphatic heterocycles. The van der Waals surface area contributed by atoms with Crippen molar-refractivity contribution >= 4 is 17.7 Å². The molecule has 2 rings (SSSR count). The van der Waals surface area contributed by atoms with E-state index in [9.17, 15) is 9.18 Å². The maximum absolute atomic E-state index is 12.9. The van der Waals surface area contributed by atoms with Crippen LogP contribution in [0.25, 0.3) is 0 Å². The first-order valence-corrected chi connectivity index (χ1v) is 8.16. The summed E-state index contributed by atoms with van der Waals surface area (Å²) in [5.74, 6) is -0.0478. The Kier molecular flexibility index (Phi) is 5.60. The number of amides is 1. The first kappa shape index (κ1) is 16.5. The van der Waals surface area contributed by atoms with Gasteiger partial charge in [-0.05, 0) is 38.5 Å². The maximum atomic E-state index is 12.9. The fraction of sp³-hybridized carbons (Fsp3) is 0.375. The zero-order valence-electron chi connectivity index (χ0n) is 12.9. The lowest BCUT2D eigenvalue weighted by molar-refractivity contribution is -0.119. The Hall–Kier alpha value is -1.82. The van der Waals surface area contributed by atoms with E-state index in [2.05, 4.69) is 24.1 Å². The van der Waals surface area contributed by atoms with Crippen LogP contribution in [-0.4, -0.2) is 21.2 Å². The van der Waals surface area contributed by atoms with Crippen LogP contribution in [0.1, 0.15) is 38.4 Å². The summed E-state index contributed by atoms with van der Waals surface area (Å²) >= 11 is 1.41. The average Bonchev–Trinajstić information content (AvgIpc) is 2.94. The van der Waals surface area contributed by atoms with Crippen LogP contribution < -0.4 is 5.32 Å². The van der Waals surface area contributed by atoms with Crippen LogP contribution in [-0.2, 0) is 4.79 Å². The molecule has 1 aromatic heterocycles. The summed E-state index contributed by atoms with van der Waals surface area (Å²) < 4.78 is 14.9. The number of carbonyl (C=O) groups excluding carboxylic acids is 1. The molecule has 118 valence electrons. The van der Waals surface area contributed by atoms with Gasteiger partial charge in [0.1, 0.15) is 5.82 Å². The molecule has 0 aliphatic carbocycles. The van der Waals surface area contributed by atoms with Crippen molar-refractivity contribution in [3.63, 3.8) is 0 Å². The van der Waals surface area contributed by atoms with Gasteiger partial charge in [-0.25, -0.2) is 9.37 Å². The minimum atomic E-state index is -0.279. The predicted octanol–water partition coefficient (Wildman–Crippen LogP) is 3.57. The molecule has 1 heterocycles. The number of rotatable bonds is 6. The smallest absolute Gasteiger partial charge is 0.230 e. The highest BCUT2D eigenvalue weighted by Crippen LogP contribution is 2.20. The van der Waals surface area contributed by atoms with Crippen LogP contribution in [0.2, 0.25) is 0 Å². The molecule has 1 aromatic carbocycles. The third-order valence-corrected chi connectivity index (χ3v) is 4.25. The van der Waals surface area contributed by atoms with E-state index in [4.69, 9.17) is 0 Å². The van der Waals surface area contributed by atoms with Crippen molar-refractivity contribution in [1.82, 2.24) is 14.9 Å². The van der Waals surface area contributed by atoms with Gasteiger partial charge in [-0.2, -0.15) is 0 Å². The zero-order valence-corrected chi connectivity index (χ0v) is 13.7. The van der Waals surface area contributed by atoms with Gasteiger partial charge in [0.2, 0.25) is 5.91 Å². The SMILES string of the molecule is CC(NC(=O)CSc1nccn1C(C)C)c1ccc(F)cc1. The van der Waals surface area contributed by atoms with Gasteiger partial charge in [0.15, 0.2) is 5.16 Å². The van der Waals surface area contributed by atoms with Crippen LogP contribution in [0.15, 0.2) is 41.8 Å². The van der Waals surface area contributed by atoms with Crippen molar-refractivity contribution in [3.05, 3.63) is 48.0 Å². The van der Waals surface area contributed by atoms with Crippen LogP contribution in [0.4, 0.5) is 4.39 Å². The molecule has 4 nitrogen and oxygen atoms in total. The Labute approximate surface area is 134 Å². The molecule has 6 heteroatoms. The molecular formula is C16H20FN3OS. The Morgan fingerprint density at radius 1 is 1.32 bits per heavy atom. The van der Waals surface area contributed by atoms with Gasteiger partial charge in [-0.15, -0.1) is 0 Å². The minimum absolute atomic E-state index is 0.0693. The predicted molar refractivity (Wildman–Crippen MR) is 86.3 cm³/mol. The second-order valence-corrected chi connectivity index (χ2v) is 6.28. The Balaban J connectivity index is 1.87. The van der Waals surface area contributed by atoms with Gasteiger partial charge in [-0.1, -0.05) is 23.9 Å². The lowest BCUT2D eigenvalue weighted by Crippen LogP contribution is -2.28. The summed E-state index contributed by atoms with van der Waals surface area (Å²) in [7, 11) is 0. The van der Waals surface area contributed by atoms with Crippen molar-refractivity contribution in [2.75, 3.05) is 5.75 Å². The van der Waals surface area contributed by atoms with E-state index < -0.39 is 0 Å². The summed E-state index contributed by atoms with van der Waals surface area (Å²) in [6.45, 7) is 6.02. The number of carbonyl (C=O) groups is 1. The first-order valence-electron chi connectivity index (χ1n) is 7.18. The highest BCUT2D eigenvalue weighted by molar-refractivity contribution is 7.99. The second kappa shape index (κ2) is 7.45. The van der Waals surface area contributed by atoms with Crippen molar-refractivity contribution in [2.45, 2.75) is 38.0 Å². The highest BCUT2D eigenvalue weighted by Gasteiger charge is 2.12. The molecule has 1 N–H and O–H groups in total. The number of halogens is 1. The van der Waals surface area contributed by atoms with E-state index in [0.29, 0.717) is 11.8 Å². The fourth-order valence-corrected chi connectivity index (χ4v) is 2.95. The number of hydrogen-bond donors (Lipinski definition) is 1. The zero-order chi connectivity index (χ0) is 16.1. The van der Waals surface area contributed by atoms with E-state index in [0.717, 1.165) is 10.7 Å². The number of nitrogens with zero attached hydrogens (tertiary/aromatic N) is 2. The molecule has 0 saturated carbocycles. The molecule has 0 fully saturated rings. The number of aromatic nitrogens is 2. The fourth-order valence-electron chi connectivity index (χ4n) is 2.05. The lowest BCUT2D eigenvalue weighted by atomic mass is 10.1. The number of imidazole rings is 1. The van der Waals surface area contributed by atoms with Crippen LogP contribution in [0, 0.1) is 5.82 Å². The molecule has 1 unspecified atom stereocenters. The third kappa shape index (κ3) is 4.34. The first-order chi connectivity index (χ1) is 10.5. The molecule has 22 heavy (non-hydrogen) atoms. The highest BCUT2D eigenvalue weighted by atomic mass is 32.2. The number of benzene rings is 1. The molecule has 0 aliphatic rings. The average molecular weight is 321 g/mol. The van der Waals surface area contributed by atoms with Crippen LogP contribution >= 0.6 is 11.8 Å². The molecular weight excluding hydrogens is 301 g/mol. The number of hydrogen-bond acceptors (Lipinski definition) is 3. The third-order valence-electron chi connectivity index (χ3n) is 3.27. The molecule has 0 saturated heterocycles. The van der Waals surface area contributed by atoms with Gasteiger partial charge in [-0.3, -0.25) is 4.79 Å². The summed E-state index contributed by atoms with van der Waals surface area (Å²) in [4.78, 5) is 16.3. The quantitative estimate of drug-likeness (QED) is 0.827. The summed E-state index contributed by atoms with van der Waals surface area (Å²) in [5, 5.41) is 3.74. The number of thioether (sulfide) groups is 1. The van der Waals surface area contributed by atoms with Gasteiger partial charge in [0, 0.05) is 18.4 Å². The molecule has 0 radical (unpaired) electrons. The van der Waals surface area contributed by atoms with Crippen molar-refractivity contribution < 1.29 is 9.18 Å². The van der Waals surface area contributed by atoms with Gasteiger partial charge >= 0.3 is 0 Å². The van der Waals surface area contributed by atoms with E-state index in [1.807, 2.05) is 17.7 Å². The Morgan fingerprint density at radius 3 is 2.64 bits per heavy atom. The summed E-state index contributed by atoms with van der Waals surface area (Å²) in [6, 6.07) is 6.31. The molecule has 1 amide bonds. The van der Waals surface area contributed by atoms with E-state index >= 15 is 0 Å². The van der Waals surface area contributed by atoms with Gasteiger partial charge in [0.05, 0.1) is 11.8 Å². The Bertz CT molecular complexity index is 625. The van der Waals surface area contributed by atoms with Gasteiger partial charge < -0.3 is 9.88 Å². The lowest BCUT2D eigenvalue weighted by Gasteiger charge is -2.15. The van der Waals surface area contributed by atoms with Crippen molar-refractivity contribution in [2.24, 2.45) is 0 Å². The summed E-state index contributed by atoms with van der Waals surface area (Å²) in [6.07, 6.45) is 3.65. The molecule has 2 aromatic rings. The van der Waals surface area contributed by atoms with Gasteiger partial charge in [0.25, 0.3) is 0 Å². The van der Waals surface area contributed by atoms with Crippen LogP contribution in [0.3, 0.4) is 0 Å². The van der Waals surface area contributed by atoms with E-state index in [1.165, 1.54) is 23.9 Å². The second-order valence-electron chi connectivity index (χ2n) is 5.34. The van der Waals surface area contributed by atoms with Crippen LogP contribution in [0.5, 0.6) is 0 Å². The molecule has 0 spiro atoms. The van der Waals surface area contributed by atoms with E-state index in [1.54, 1.807) is 18.3 Å². The number of nitrogens with one attached hydrogen (secondary N) is 1. The molecule has 0 bridgehead atoms. The topological polar surface area (TPSA) is 46.9 Å².